The summed E-state index contributed by atoms with van der Waals surface area (Å²) in [5.41, 5.74) is -0.602. The topological polar surface area (TPSA) is 115 Å². The summed E-state index contributed by atoms with van der Waals surface area (Å²) in [5, 5.41) is 11.7. The lowest BCUT2D eigenvalue weighted by Gasteiger charge is -2.27. The Balaban J connectivity index is 2.56. The van der Waals surface area contributed by atoms with Crippen LogP contribution in [0.5, 0.6) is 11.5 Å². The Morgan fingerprint density at radius 1 is 1.22 bits per heavy atom. The number of hydrogen-bond acceptors (Lipinski definition) is 7. The van der Waals surface area contributed by atoms with Crippen LogP contribution >= 0.6 is 0 Å². The number of methoxy groups -OCH3 is 1. The summed E-state index contributed by atoms with van der Waals surface area (Å²) in [6.07, 6.45) is 0. The van der Waals surface area contributed by atoms with E-state index in [9.17, 15) is 14.4 Å². The van der Waals surface area contributed by atoms with Crippen molar-refractivity contribution in [2.75, 3.05) is 20.3 Å². The van der Waals surface area contributed by atoms with Gasteiger partial charge in [0.25, 0.3) is 5.91 Å². The van der Waals surface area contributed by atoms with E-state index in [1.807, 2.05) is 6.07 Å². The van der Waals surface area contributed by atoms with Crippen molar-refractivity contribution in [3.05, 3.63) is 23.8 Å². The summed E-state index contributed by atoms with van der Waals surface area (Å²) >= 11 is 0. The van der Waals surface area contributed by atoms with Gasteiger partial charge in [0.2, 0.25) is 0 Å². The summed E-state index contributed by atoms with van der Waals surface area (Å²) in [4.78, 5) is 35.0. The fraction of sp³-hybridized carbons (Fsp3) is 0.474. The predicted molar refractivity (Wildman–Crippen MR) is 96.5 cm³/mol. The van der Waals surface area contributed by atoms with Crippen molar-refractivity contribution in [2.45, 2.75) is 33.2 Å². The number of hydrogen-bond donors (Lipinski definition) is 1. The van der Waals surface area contributed by atoms with Crippen molar-refractivity contribution in [3.8, 4) is 17.6 Å². The van der Waals surface area contributed by atoms with Crippen LogP contribution in [0, 0.1) is 17.2 Å². The number of rotatable bonds is 9. The fourth-order valence-electron chi connectivity index (χ4n) is 1.96. The van der Waals surface area contributed by atoms with Crippen LogP contribution < -0.4 is 14.8 Å². The van der Waals surface area contributed by atoms with Gasteiger partial charge in [-0.25, -0.2) is 4.79 Å². The van der Waals surface area contributed by atoms with Crippen LogP contribution in [0.25, 0.3) is 0 Å². The lowest BCUT2D eigenvalue weighted by atomic mass is 9.90. The van der Waals surface area contributed by atoms with E-state index >= 15 is 0 Å². The van der Waals surface area contributed by atoms with E-state index in [1.165, 1.54) is 26.2 Å². The van der Waals surface area contributed by atoms with Crippen molar-refractivity contribution < 1.29 is 28.6 Å². The molecule has 0 aliphatic carbocycles. The third kappa shape index (κ3) is 6.29. The third-order valence-corrected chi connectivity index (χ3v) is 4.07. The maximum atomic E-state index is 11.9. The van der Waals surface area contributed by atoms with E-state index in [4.69, 9.17) is 19.5 Å². The minimum Gasteiger partial charge on any atom is -0.493 e. The molecule has 27 heavy (non-hydrogen) atoms. The van der Waals surface area contributed by atoms with Gasteiger partial charge in [0.05, 0.1) is 13.2 Å². The number of nitrogens with one attached hydrogen (secondary N) is 1. The van der Waals surface area contributed by atoms with Gasteiger partial charge in [-0.1, -0.05) is 13.8 Å². The zero-order valence-corrected chi connectivity index (χ0v) is 16.1. The quantitative estimate of drug-likeness (QED) is 0.517. The van der Waals surface area contributed by atoms with E-state index in [2.05, 4.69) is 5.32 Å². The number of ketones is 1. The maximum Gasteiger partial charge on any atom is 0.344 e. The molecule has 146 valence electrons. The number of nitrogens with zero attached hydrogens (tertiary/aromatic N) is 1. The Bertz CT molecular complexity index is 753. The molecule has 8 heteroatoms. The first-order valence-electron chi connectivity index (χ1n) is 8.32. The van der Waals surface area contributed by atoms with Gasteiger partial charge in [-0.2, -0.15) is 5.26 Å². The smallest absolute Gasteiger partial charge is 0.344 e. The zero-order valence-electron chi connectivity index (χ0n) is 16.1. The number of Topliss-reactive ketones (excluding diaryl/α,β-unsaturated/α-hetero) is 1. The first-order valence-corrected chi connectivity index (χ1v) is 8.32. The number of esters is 1. The highest BCUT2D eigenvalue weighted by atomic mass is 16.6. The molecule has 0 aliphatic heterocycles. The predicted octanol–water partition coefficient (Wildman–Crippen LogP) is 1.87. The molecule has 1 rings (SSSR count). The average Bonchev–Trinajstić information content (AvgIpc) is 2.63. The summed E-state index contributed by atoms with van der Waals surface area (Å²) < 4.78 is 15.3. The Kier molecular flexibility index (Phi) is 7.79. The molecule has 1 amide bonds. The van der Waals surface area contributed by atoms with Gasteiger partial charge in [0, 0.05) is 5.56 Å². The van der Waals surface area contributed by atoms with Crippen LogP contribution in [-0.4, -0.2) is 43.5 Å². The molecule has 0 bridgehead atoms. The highest BCUT2D eigenvalue weighted by Crippen LogP contribution is 2.28. The standard InChI is InChI=1S/C19H24N2O6/c1-12(2)19(4,11-20)21-17(23)9-27-18(24)10-26-15-7-6-14(13(3)22)8-16(15)25-5/h6-8,12H,9-10H2,1-5H3,(H,21,23)/t19-/m1/s1. The Morgan fingerprint density at radius 3 is 2.41 bits per heavy atom. The van der Waals surface area contributed by atoms with Gasteiger partial charge in [-0.3, -0.25) is 9.59 Å². The molecular formula is C19H24N2O6. The van der Waals surface area contributed by atoms with Gasteiger partial charge in [0.15, 0.2) is 30.5 Å². The molecule has 0 aromatic heterocycles. The van der Waals surface area contributed by atoms with Gasteiger partial charge in [-0.15, -0.1) is 0 Å². The van der Waals surface area contributed by atoms with Crippen molar-refractivity contribution >= 4 is 17.7 Å². The first kappa shape index (κ1) is 22.0. The number of amides is 1. The molecular weight excluding hydrogens is 352 g/mol. The number of carbonyl (C=O) groups is 3. The molecule has 1 aromatic rings. The van der Waals surface area contributed by atoms with Crippen molar-refractivity contribution in [2.24, 2.45) is 5.92 Å². The van der Waals surface area contributed by atoms with E-state index in [-0.39, 0.29) is 17.5 Å². The Labute approximate surface area is 158 Å². The van der Waals surface area contributed by atoms with Gasteiger partial charge in [-0.05, 0) is 38.0 Å². The highest BCUT2D eigenvalue weighted by molar-refractivity contribution is 5.94. The van der Waals surface area contributed by atoms with Crippen LogP contribution in [-0.2, 0) is 14.3 Å². The average molecular weight is 376 g/mol. The number of carbonyl (C=O) groups excluding carboxylic acids is 3. The van der Waals surface area contributed by atoms with E-state index in [1.54, 1.807) is 26.8 Å². The van der Waals surface area contributed by atoms with Crippen LogP contribution in [0.4, 0.5) is 0 Å². The molecule has 0 heterocycles. The van der Waals surface area contributed by atoms with E-state index in [0.717, 1.165) is 0 Å². The van der Waals surface area contributed by atoms with Crippen molar-refractivity contribution in [3.63, 3.8) is 0 Å². The van der Waals surface area contributed by atoms with Gasteiger partial charge >= 0.3 is 5.97 Å². The van der Waals surface area contributed by atoms with Gasteiger partial charge in [0.1, 0.15) is 5.54 Å². The second kappa shape index (κ2) is 9.57. The molecule has 1 atom stereocenters. The maximum absolute atomic E-state index is 11.9. The molecule has 8 nitrogen and oxygen atoms in total. The number of ether oxygens (including phenoxy) is 3. The van der Waals surface area contributed by atoms with Gasteiger partial charge < -0.3 is 19.5 Å². The molecule has 0 aliphatic rings. The lowest BCUT2D eigenvalue weighted by molar-refractivity contribution is -0.150. The van der Waals surface area contributed by atoms with Crippen LogP contribution in [0.3, 0.4) is 0 Å². The normalized spacial score (nSPS) is 12.5. The first-order chi connectivity index (χ1) is 12.6. The minimum absolute atomic E-state index is 0.115. The summed E-state index contributed by atoms with van der Waals surface area (Å²) in [5.74, 6) is -1.02. The summed E-state index contributed by atoms with van der Waals surface area (Å²) in [7, 11) is 1.41. The van der Waals surface area contributed by atoms with Crippen LogP contribution in [0.2, 0.25) is 0 Å². The van der Waals surface area contributed by atoms with Crippen molar-refractivity contribution in [1.82, 2.24) is 5.32 Å². The Hall–Kier alpha value is -3.08. The summed E-state index contributed by atoms with van der Waals surface area (Å²) in [6.45, 7) is 5.66. The largest absolute Gasteiger partial charge is 0.493 e. The molecule has 1 N–H and O–H groups in total. The zero-order chi connectivity index (χ0) is 20.6. The SMILES string of the molecule is COc1cc(C(C)=O)ccc1OCC(=O)OCC(=O)N[C@](C)(C#N)C(C)C. The number of benzene rings is 1. The summed E-state index contributed by atoms with van der Waals surface area (Å²) in [6, 6.07) is 6.60. The van der Waals surface area contributed by atoms with Crippen molar-refractivity contribution in [1.29, 1.82) is 5.26 Å². The third-order valence-electron chi connectivity index (χ3n) is 4.07. The fourth-order valence-corrected chi connectivity index (χ4v) is 1.96. The monoisotopic (exact) mass is 376 g/mol. The lowest BCUT2D eigenvalue weighted by Crippen LogP contribution is -2.50. The molecule has 0 radical (unpaired) electrons. The minimum atomic E-state index is -1.05. The van der Waals surface area contributed by atoms with E-state index in [0.29, 0.717) is 11.3 Å². The molecule has 0 spiro atoms. The molecule has 0 saturated heterocycles. The second-order valence-electron chi connectivity index (χ2n) is 6.39. The van der Waals surface area contributed by atoms with E-state index < -0.39 is 30.6 Å². The highest BCUT2D eigenvalue weighted by Gasteiger charge is 2.30. The second-order valence-corrected chi connectivity index (χ2v) is 6.39. The molecule has 0 saturated carbocycles. The molecule has 0 fully saturated rings. The van der Waals surface area contributed by atoms with Crippen LogP contribution in [0.15, 0.2) is 18.2 Å². The molecule has 0 unspecified atom stereocenters. The number of nitriles is 1. The molecule has 1 aromatic carbocycles. The van der Waals surface area contributed by atoms with Crippen LogP contribution in [0.1, 0.15) is 38.1 Å². The Morgan fingerprint density at radius 2 is 1.89 bits per heavy atom.